The van der Waals surface area contributed by atoms with Gasteiger partial charge in [-0.2, -0.15) is 0 Å². The van der Waals surface area contributed by atoms with Gasteiger partial charge in [0.1, 0.15) is 5.76 Å². The summed E-state index contributed by atoms with van der Waals surface area (Å²) in [5.74, 6) is 1.56. The Morgan fingerprint density at radius 2 is 2.00 bits per heavy atom. The van der Waals surface area contributed by atoms with Gasteiger partial charge in [-0.1, -0.05) is 38.1 Å². The molecule has 0 aliphatic carbocycles. The van der Waals surface area contributed by atoms with Gasteiger partial charge in [0.25, 0.3) is 0 Å². The minimum absolute atomic E-state index is 0.419. The van der Waals surface area contributed by atoms with E-state index in [9.17, 15) is 5.11 Å². The maximum absolute atomic E-state index is 10.2. The van der Waals surface area contributed by atoms with Gasteiger partial charge in [0.05, 0.1) is 12.4 Å². The van der Waals surface area contributed by atoms with Gasteiger partial charge in [-0.05, 0) is 42.0 Å². The summed E-state index contributed by atoms with van der Waals surface area (Å²) in [5.41, 5.74) is 2.30. The highest BCUT2D eigenvalue weighted by Crippen LogP contribution is 2.21. The molecule has 102 valence electrons. The van der Waals surface area contributed by atoms with Crippen molar-refractivity contribution in [2.45, 2.75) is 39.2 Å². The summed E-state index contributed by atoms with van der Waals surface area (Å²) < 4.78 is 5.29. The maximum Gasteiger partial charge on any atom is 0.103 e. The molecule has 1 unspecified atom stereocenters. The summed E-state index contributed by atoms with van der Waals surface area (Å²) in [7, 11) is 0. The zero-order valence-electron chi connectivity index (χ0n) is 11.7. The van der Waals surface area contributed by atoms with E-state index in [-0.39, 0.29) is 0 Å². The first-order valence-corrected chi connectivity index (χ1v) is 6.94. The first-order valence-electron chi connectivity index (χ1n) is 6.94. The Balaban J connectivity index is 1.96. The van der Waals surface area contributed by atoms with E-state index in [2.05, 4.69) is 26.0 Å². The van der Waals surface area contributed by atoms with Crippen LogP contribution in [0.3, 0.4) is 0 Å². The van der Waals surface area contributed by atoms with Crippen molar-refractivity contribution >= 4 is 0 Å². The van der Waals surface area contributed by atoms with Gasteiger partial charge >= 0.3 is 0 Å². The lowest BCUT2D eigenvalue weighted by Crippen LogP contribution is -2.01. The average molecular weight is 258 g/mol. The molecule has 2 nitrogen and oxygen atoms in total. The van der Waals surface area contributed by atoms with Crippen molar-refractivity contribution in [1.29, 1.82) is 0 Å². The average Bonchev–Trinajstić information content (AvgIpc) is 2.88. The molecule has 19 heavy (non-hydrogen) atoms. The Bertz CT molecular complexity index is 486. The third-order valence-electron chi connectivity index (χ3n) is 3.22. The van der Waals surface area contributed by atoms with E-state index in [4.69, 9.17) is 4.42 Å². The molecule has 0 spiro atoms. The maximum atomic E-state index is 10.2. The molecule has 1 atom stereocenters. The lowest BCUT2D eigenvalue weighted by Gasteiger charge is -2.12. The van der Waals surface area contributed by atoms with E-state index in [1.54, 1.807) is 6.26 Å². The molecule has 0 saturated heterocycles. The van der Waals surface area contributed by atoms with Crippen molar-refractivity contribution in [3.05, 3.63) is 59.5 Å². The third-order valence-corrected chi connectivity index (χ3v) is 3.22. The number of aryl methyl sites for hydroxylation is 1. The predicted octanol–water partition coefficient (Wildman–Crippen LogP) is 4.14. The summed E-state index contributed by atoms with van der Waals surface area (Å²) in [5, 5.41) is 10.2. The Labute approximate surface area is 115 Å². The third kappa shape index (κ3) is 4.25. The molecule has 0 amide bonds. The Morgan fingerprint density at radius 3 is 2.68 bits per heavy atom. The predicted molar refractivity (Wildman–Crippen MR) is 77.0 cm³/mol. The quantitative estimate of drug-likeness (QED) is 0.844. The molecule has 1 heterocycles. The van der Waals surface area contributed by atoms with Gasteiger partial charge < -0.3 is 9.52 Å². The second-order valence-electron chi connectivity index (χ2n) is 5.48. The largest absolute Gasteiger partial charge is 0.469 e. The number of furan rings is 1. The second kappa shape index (κ2) is 6.58. The lowest BCUT2D eigenvalue weighted by molar-refractivity contribution is 0.165. The fraction of sp³-hybridized carbons (Fsp3) is 0.412. The smallest absolute Gasteiger partial charge is 0.103 e. The molecule has 0 saturated carbocycles. The van der Waals surface area contributed by atoms with Crippen molar-refractivity contribution in [2.75, 3.05) is 0 Å². The summed E-state index contributed by atoms with van der Waals surface area (Å²) in [6.07, 6.45) is 3.77. The molecular weight excluding hydrogens is 236 g/mol. The number of aliphatic hydroxyl groups is 1. The fourth-order valence-corrected chi connectivity index (χ4v) is 2.30. The first kappa shape index (κ1) is 13.9. The Morgan fingerprint density at radius 1 is 1.16 bits per heavy atom. The van der Waals surface area contributed by atoms with E-state index in [1.165, 1.54) is 5.56 Å². The van der Waals surface area contributed by atoms with E-state index >= 15 is 0 Å². The van der Waals surface area contributed by atoms with E-state index in [1.807, 2.05) is 24.3 Å². The minimum atomic E-state index is -0.419. The van der Waals surface area contributed by atoms with E-state index in [0.29, 0.717) is 12.3 Å². The molecule has 1 aromatic heterocycles. The first-order chi connectivity index (χ1) is 9.15. The minimum Gasteiger partial charge on any atom is -0.469 e. The number of hydrogen-bond donors (Lipinski definition) is 1. The van der Waals surface area contributed by atoms with Gasteiger partial charge in [-0.15, -0.1) is 0 Å². The number of hydrogen-bond acceptors (Lipinski definition) is 2. The Hall–Kier alpha value is -1.54. The summed E-state index contributed by atoms with van der Waals surface area (Å²) in [6.45, 7) is 4.42. The van der Waals surface area contributed by atoms with Crippen LogP contribution in [0.4, 0.5) is 0 Å². The molecule has 1 aromatic carbocycles. The second-order valence-corrected chi connectivity index (χ2v) is 5.48. The highest BCUT2D eigenvalue weighted by atomic mass is 16.3. The number of aliphatic hydroxyl groups excluding tert-OH is 1. The Kier molecular flexibility index (Phi) is 4.80. The number of benzene rings is 1. The zero-order valence-corrected chi connectivity index (χ0v) is 11.7. The van der Waals surface area contributed by atoms with Crippen molar-refractivity contribution in [2.24, 2.45) is 5.92 Å². The fourth-order valence-electron chi connectivity index (χ4n) is 2.30. The van der Waals surface area contributed by atoms with Crippen LogP contribution in [0, 0.1) is 5.92 Å². The van der Waals surface area contributed by atoms with Gasteiger partial charge in [-0.3, -0.25) is 0 Å². The molecule has 0 fully saturated rings. The van der Waals surface area contributed by atoms with Crippen LogP contribution in [0.15, 0.2) is 47.1 Å². The van der Waals surface area contributed by atoms with Crippen molar-refractivity contribution in [3.63, 3.8) is 0 Å². The molecule has 2 rings (SSSR count). The van der Waals surface area contributed by atoms with Gasteiger partial charge in [0.15, 0.2) is 0 Å². The van der Waals surface area contributed by atoms with Crippen LogP contribution in [-0.4, -0.2) is 5.11 Å². The van der Waals surface area contributed by atoms with E-state index in [0.717, 1.165) is 24.2 Å². The molecule has 0 aliphatic heterocycles. The van der Waals surface area contributed by atoms with Crippen LogP contribution in [0.25, 0.3) is 0 Å². The molecule has 2 aromatic rings. The summed E-state index contributed by atoms with van der Waals surface area (Å²) in [6, 6.07) is 12.1. The lowest BCUT2D eigenvalue weighted by atomic mass is 9.97. The van der Waals surface area contributed by atoms with Gasteiger partial charge in [0, 0.05) is 6.42 Å². The van der Waals surface area contributed by atoms with Crippen LogP contribution < -0.4 is 0 Å². The van der Waals surface area contributed by atoms with Crippen LogP contribution in [0.2, 0.25) is 0 Å². The van der Waals surface area contributed by atoms with Crippen molar-refractivity contribution in [1.82, 2.24) is 0 Å². The monoisotopic (exact) mass is 258 g/mol. The van der Waals surface area contributed by atoms with Crippen LogP contribution in [-0.2, 0) is 12.8 Å². The summed E-state index contributed by atoms with van der Waals surface area (Å²) >= 11 is 0. The van der Waals surface area contributed by atoms with Gasteiger partial charge in [0.2, 0.25) is 0 Å². The standard InChI is InChI=1S/C17H22O2/c1-13(2)11-14-5-3-6-15(12-14)17(18)9-8-16-7-4-10-19-16/h3-7,10,12-13,17-18H,8-9,11H2,1-2H3. The highest BCUT2D eigenvalue weighted by Gasteiger charge is 2.09. The molecule has 1 N–H and O–H groups in total. The van der Waals surface area contributed by atoms with E-state index < -0.39 is 6.10 Å². The van der Waals surface area contributed by atoms with Gasteiger partial charge in [-0.25, -0.2) is 0 Å². The molecular formula is C17H22O2. The molecule has 0 radical (unpaired) electrons. The van der Waals surface area contributed by atoms with Crippen molar-refractivity contribution in [3.8, 4) is 0 Å². The zero-order chi connectivity index (χ0) is 13.7. The molecule has 0 aliphatic rings. The summed E-state index contributed by atoms with van der Waals surface area (Å²) in [4.78, 5) is 0. The van der Waals surface area contributed by atoms with Crippen LogP contribution >= 0.6 is 0 Å². The normalized spacial score (nSPS) is 12.8. The van der Waals surface area contributed by atoms with Crippen LogP contribution in [0.5, 0.6) is 0 Å². The SMILES string of the molecule is CC(C)Cc1cccc(C(O)CCc2ccco2)c1. The highest BCUT2D eigenvalue weighted by molar-refractivity contribution is 5.25. The van der Waals surface area contributed by atoms with Crippen molar-refractivity contribution < 1.29 is 9.52 Å². The van der Waals surface area contributed by atoms with Crippen LogP contribution in [0.1, 0.15) is 43.3 Å². The topological polar surface area (TPSA) is 33.4 Å². The molecule has 0 bridgehead atoms. The number of rotatable bonds is 6. The molecule has 2 heteroatoms.